The van der Waals surface area contributed by atoms with Crippen molar-refractivity contribution in [2.45, 2.75) is 96.1 Å². The predicted molar refractivity (Wildman–Crippen MR) is 147 cm³/mol. The lowest BCUT2D eigenvalue weighted by Gasteiger charge is -2.50. The maximum absolute atomic E-state index is 13.5. The fourth-order valence-corrected chi connectivity index (χ4v) is 6.77. The number of carbonyl (C=O) groups is 2. The molecule has 0 bridgehead atoms. The third-order valence-corrected chi connectivity index (χ3v) is 9.73. The highest BCUT2D eigenvalue weighted by Gasteiger charge is 2.49. The van der Waals surface area contributed by atoms with Crippen LogP contribution >= 0.6 is 0 Å². The highest BCUT2D eigenvalue weighted by Crippen LogP contribution is 2.43. The molecule has 2 saturated carbocycles. The predicted octanol–water partition coefficient (Wildman–Crippen LogP) is 3.12. The quantitative estimate of drug-likeness (QED) is 0.569. The van der Waals surface area contributed by atoms with Gasteiger partial charge in [0, 0.05) is 63.4 Å². The van der Waals surface area contributed by atoms with Crippen molar-refractivity contribution >= 4 is 11.8 Å². The Morgan fingerprint density at radius 2 is 1.74 bits per heavy atom. The number of hydrogen-bond donors (Lipinski definition) is 2. The number of amides is 2. The fraction of sp³-hybridized carbons (Fsp3) is 0.767. The Kier molecular flexibility index (Phi) is 8.01. The zero-order valence-electron chi connectivity index (χ0n) is 23.3. The number of pyridine rings is 1. The van der Waals surface area contributed by atoms with Crippen LogP contribution in [0.25, 0.3) is 0 Å². The van der Waals surface area contributed by atoms with Crippen LogP contribution in [0.3, 0.4) is 0 Å². The molecular weight excluding hydrogens is 480 g/mol. The van der Waals surface area contributed by atoms with Crippen LogP contribution in [0.1, 0.15) is 99.9 Å². The van der Waals surface area contributed by atoms with E-state index in [-0.39, 0.29) is 29.8 Å². The molecule has 1 aromatic rings. The van der Waals surface area contributed by atoms with E-state index in [1.165, 1.54) is 32.1 Å². The van der Waals surface area contributed by atoms with Crippen molar-refractivity contribution in [1.29, 1.82) is 0 Å². The van der Waals surface area contributed by atoms with Crippen LogP contribution in [0.2, 0.25) is 0 Å². The number of rotatable bonds is 7. The number of aromatic nitrogens is 1. The molecule has 1 unspecified atom stereocenters. The molecule has 2 amide bonds. The van der Waals surface area contributed by atoms with Gasteiger partial charge in [-0.15, -0.1) is 0 Å². The second kappa shape index (κ2) is 11.1. The smallest absolute Gasteiger partial charge is 0.255 e. The summed E-state index contributed by atoms with van der Waals surface area (Å²) in [5, 5.41) is 15.2. The number of aliphatic hydroxyl groups is 1. The summed E-state index contributed by atoms with van der Waals surface area (Å²) in [6.07, 6.45) is 12.0. The molecule has 2 aliphatic carbocycles. The average molecular weight is 527 g/mol. The molecule has 1 atom stereocenters. The first-order valence-corrected chi connectivity index (χ1v) is 14.9. The number of hydrogen-bond acceptors (Lipinski definition) is 5. The summed E-state index contributed by atoms with van der Waals surface area (Å²) in [5.41, 5.74) is -0.458. The monoisotopic (exact) mass is 526 g/mol. The van der Waals surface area contributed by atoms with Crippen molar-refractivity contribution in [2.24, 2.45) is 11.3 Å². The third-order valence-electron chi connectivity index (χ3n) is 9.73. The van der Waals surface area contributed by atoms with Crippen molar-refractivity contribution < 1.29 is 14.7 Å². The standard InChI is InChI=1S/C30H46N4O4/c1-29(2)20-33(26(35)11-8-22-6-4-3-5-7-22)15-12-30(29,38)21-34-19-25(24(18-27(34)36)23-9-10-23)28(37)32-16-13-31-14-17-32/h18-19,22-23,31,38H,3-17,20-21H2,1-2H3. The number of carbonyl (C=O) groups excluding carboxylic acids is 2. The van der Waals surface area contributed by atoms with Gasteiger partial charge in [0.05, 0.1) is 17.7 Å². The molecule has 8 heteroatoms. The average Bonchev–Trinajstić information content (AvgIpc) is 3.76. The molecule has 3 heterocycles. The molecule has 38 heavy (non-hydrogen) atoms. The van der Waals surface area contributed by atoms with Crippen LogP contribution in [0.15, 0.2) is 17.1 Å². The molecule has 4 aliphatic rings. The summed E-state index contributed by atoms with van der Waals surface area (Å²) in [6.45, 7) is 7.91. The highest BCUT2D eigenvalue weighted by molar-refractivity contribution is 5.95. The van der Waals surface area contributed by atoms with E-state index in [0.717, 1.165) is 37.9 Å². The summed E-state index contributed by atoms with van der Waals surface area (Å²) in [4.78, 5) is 43.5. The van der Waals surface area contributed by atoms with Crippen LogP contribution in [0.5, 0.6) is 0 Å². The van der Waals surface area contributed by atoms with Gasteiger partial charge in [0.25, 0.3) is 11.5 Å². The maximum atomic E-state index is 13.5. The number of nitrogens with one attached hydrogen (secondary N) is 1. The van der Waals surface area contributed by atoms with Crippen LogP contribution in [-0.4, -0.2) is 76.2 Å². The van der Waals surface area contributed by atoms with E-state index >= 15 is 0 Å². The lowest BCUT2D eigenvalue weighted by molar-refractivity contribution is -0.154. The SMILES string of the molecule is CC1(C)CN(C(=O)CCC2CCCCC2)CCC1(O)Cn1cc(C(=O)N2CCNCC2)c(C2CC2)cc1=O. The number of piperidine rings is 1. The van der Waals surface area contributed by atoms with Crippen molar-refractivity contribution in [3.05, 3.63) is 33.7 Å². The van der Waals surface area contributed by atoms with Crippen LogP contribution in [0, 0.1) is 11.3 Å². The molecule has 210 valence electrons. The second-order valence-electron chi connectivity index (χ2n) is 12.9. The zero-order valence-corrected chi connectivity index (χ0v) is 23.3. The minimum absolute atomic E-state index is 0.0215. The Bertz CT molecular complexity index is 1080. The first kappa shape index (κ1) is 27.4. The Morgan fingerprint density at radius 3 is 2.39 bits per heavy atom. The summed E-state index contributed by atoms with van der Waals surface area (Å²) in [6, 6.07) is 1.63. The second-order valence-corrected chi connectivity index (χ2v) is 12.9. The Balaban J connectivity index is 1.29. The van der Waals surface area contributed by atoms with Crippen molar-refractivity contribution in [1.82, 2.24) is 19.7 Å². The van der Waals surface area contributed by atoms with Crippen LogP contribution in [-0.2, 0) is 11.3 Å². The van der Waals surface area contributed by atoms with E-state index in [4.69, 9.17) is 0 Å². The number of piperazine rings is 1. The van der Waals surface area contributed by atoms with Gasteiger partial charge in [-0.05, 0) is 43.1 Å². The first-order chi connectivity index (χ1) is 18.2. The third kappa shape index (κ3) is 5.86. The van der Waals surface area contributed by atoms with E-state index in [9.17, 15) is 19.5 Å². The van der Waals surface area contributed by atoms with Gasteiger partial charge in [-0.2, -0.15) is 0 Å². The van der Waals surface area contributed by atoms with Crippen LogP contribution in [0.4, 0.5) is 0 Å². The van der Waals surface area contributed by atoms with Gasteiger partial charge in [0.2, 0.25) is 5.91 Å². The van der Waals surface area contributed by atoms with E-state index in [0.29, 0.717) is 50.5 Å². The van der Waals surface area contributed by atoms with Crippen molar-refractivity contribution in [2.75, 3.05) is 39.3 Å². The topological polar surface area (TPSA) is 94.9 Å². The lowest BCUT2D eigenvalue weighted by atomic mass is 9.69. The summed E-state index contributed by atoms with van der Waals surface area (Å²) in [5.74, 6) is 1.11. The van der Waals surface area contributed by atoms with Gasteiger partial charge in [-0.25, -0.2) is 0 Å². The summed E-state index contributed by atoms with van der Waals surface area (Å²) < 4.78 is 1.55. The molecule has 0 spiro atoms. The molecule has 0 radical (unpaired) electrons. The maximum Gasteiger partial charge on any atom is 0.255 e. The lowest BCUT2D eigenvalue weighted by Crippen LogP contribution is -2.60. The Morgan fingerprint density at radius 1 is 1.03 bits per heavy atom. The summed E-state index contributed by atoms with van der Waals surface area (Å²) in [7, 11) is 0. The van der Waals surface area contributed by atoms with Gasteiger partial charge in [0.15, 0.2) is 0 Å². The van der Waals surface area contributed by atoms with E-state index in [1.807, 2.05) is 23.6 Å². The number of likely N-dealkylation sites (tertiary alicyclic amines) is 1. The Hall–Kier alpha value is -2.19. The van der Waals surface area contributed by atoms with E-state index < -0.39 is 11.0 Å². The molecule has 0 aromatic carbocycles. The molecule has 5 rings (SSSR count). The zero-order chi connectivity index (χ0) is 26.9. The Labute approximate surface area is 226 Å². The van der Waals surface area contributed by atoms with Crippen molar-refractivity contribution in [3.8, 4) is 0 Å². The molecular formula is C30H46N4O4. The van der Waals surface area contributed by atoms with Crippen molar-refractivity contribution in [3.63, 3.8) is 0 Å². The minimum atomic E-state index is -1.16. The largest absolute Gasteiger partial charge is 0.387 e. The summed E-state index contributed by atoms with van der Waals surface area (Å²) >= 11 is 0. The number of nitrogens with zero attached hydrogens (tertiary/aromatic N) is 3. The molecule has 2 N–H and O–H groups in total. The van der Waals surface area contributed by atoms with E-state index in [2.05, 4.69) is 5.32 Å². The highest BCUT2D eigenvalue weighted by atomic mass is 16.3. The molecule has 2 aliphatic heterocycles. The normalized spacial score (nSPS) is 26.4. The van der Waals surface area contributed by atoms with Gasteiger partial charge in [-0.1, -0.05) is 46.0 Å². The van der Waals surface area contributed by atoms with Gasteiger partial charge >= 0.3 is 0 Å². The van der Waals surface area contributed by atoms with Gasteiger partial charge < -0.3 is 24.8 Å². The van der Waals surface area contributed by atoms with Crippen LogP contribution < -0.4 is 10.9 Å². The van der Waals surface area contributed by atoms with E-state index in [1.54, 1.807) is 16.8 Å². The fourth-order valence-electron chi connectivity index (χ4n) is 6.77. The van der Waals surface area contributed by atoms with Gasteiger partial charge in [0.1, 0.15) is 0 Å². The minimum Gasteiger partial charge on any atom is -0.387 e. The molecule has 1 aromatic heterocycles. The molecule has 2 saturated heterocycles. The molecule has 4 fully saturated rings. The van der Waals surface area contributed by atoms with Gasteiger partial charge in [-0.3, -0.25) is 14.4 Å². The molecule has 8 nitrogen and oxygen atoms in total. The first-order valence-electron chi connectivity index (χ1n) is 14.9.